The number of aliphatic hydroxyl groups is 1. The van der Waals surface area contributed by atoms with E-state index >= 15 is 4.79 Å². The molecule has 4 atom stereocenters. The summed E-state index contributed by atoms with van der Waals surface area (Å²) in [6.45, 7) is 10.7. The molecule has 4 N–H and O–H groups in total. The predicted octanol–water partition coefficient (Wildman–Crippen LogP) is 5.91. The second-order valence-corrected chi connectivity index (χ2v) is 13.2. The minimum absolute atomic E-state index is 0.0347. The molecular formula is C38H49F2N5O3. The van der Waals surface area contributed by atoms with E-state index in [1.54, 1.807) is 13.0 Å². The van der Waals surface area contributed by atoms with Gasteiger partial charge in [0.15, 0.2) is 5.82 Å². The number of carbonyl (C=O) groups excluding carboxylic acids is 2. The van der Waals surface area contributed by atoms with Crippen molar-refractivity contribution in [3.63, 3.8) is 0 Å². The van der Waals surface area contributed by atoms with E-state index in [0.717, 1.165) is 47.6 Å². The number of amides is 2. The first kappa shape index (κ1) is 36.8. The fourth-order valence-corrected chi connectivity index (χ4v) is 7.29. The van der Waals surface area contributed by atoms with Crippen LogP contribution in [0.1, 0.15) is 77.0 Å². The summed E-state index contributed by atoms with van der Waals surface area (Å²) in [6.07, 6.45) is 6.86. The van der Waals surface area contributed by atoms with Gasteiger partial charge in [0.25, 0.3) is 0 Å². The summed E-state index contributed by atoms with van der Waals surface area (Å²) in [4.78, 5) is 39.7. The Hall–Kier alpha value is -4.02. The second kappa shape index (κ2) is 15.9. The van der Waals surface area contributed by atoms with E-state index in [1.165, 1.54) is 12.1 Å². The number of nitrogens with one attached hydrogen (secondary N) is 1. The molecular weight excluding hydrogens is 612 g/mol. The van der Waals surface area contributed by atoms with Crippen molar-refractivity contribution in [2.45, 2.75) is 91.3 Å². The molecule has 1 aromatic heterocycles. The van der Waals surface area contributed by atoms with Crippen LogP contribution < -0.4 is 11.1 Å². The maximum absolute atomic E-state index is 15.0. The normalized spacial score (nSPS) is 21.4. The molecule has 0 aliphatic heterocycles. The topological polar surface area (TPSA) is 121 Å². The average molecular weight is 662 g/mol. The number of hydrogen-bond acceptors (Lipinski definition) is 6. The van der Waals surface area contributed by atoms with Gasteiger partial charge in [0.2, 0.25) is 11.8 Å². The minimum atomic E-state index is -1.55. The van der Waals surface area contributed by atoms with Crippen molar-refractivity contribution in [2.24, 2.45) is 17.1 Å². The Bertz CT molecular complexity index is 1590. The Morgan fingerprint density at radius 1 is 1.02 bits per heavy atom. The molecule has 0 spiro atoms. The molecule has 2 aromatic carbocycles. The molecule has 1 heterocycles. The molecule has 0 fully saturated rings. The zero-order valence-electron chi connectivity index (χ0n) is 28.7. The van der Waals surface area contributed by atoms with Gasteiger partial charge < -0.3 is 15.7 Å². The molecule has 0 saturated carbocycles. The molecule has 0 saturated heterocycles. The zero-order chi connectivity index (χ0) is 35.1. The number of aromatic nitrogens is 2. The monoisotopic (exact) mass is 661 g/mol. The highest BCUT2D eigenvalue weighted by Crippen LogP contribution is 2.50. The molecule has 258 valence electrons. The maximum atomic E-state index is 15.0. The summed E-state index contributed by atoms with van der Waals surface area (Å²) in [5.74, 6) is -2.78. The number of halogens is 2. The Kier molecular flexibility index (Phi) is 12.2. The molecule has 8 nitrogen and oxygen atoms in total. The molecule has 2 unspecified atom stereocenters. The van der Waals surface area contributed by atoms with Gasteiger partial charge in [-0.3, -0.25) is 14.9 Å². The largest absolute Gasteiger partial charge is 0.393 e. The molecule has 4 rings (SSSR count). The second-order valence-electron chi connectivity index (χ2n) is 13.2. The van der Waals surface area contributed by atoms with E-state index in [9.17, 15) is 18.7 Å². The smallest absolute Gasteiger partial charge is 0.243 e. The zero-order valence-corrected chi connectivity index (χ0v) is 28.7. The highest BCUT2D eigenvalue weighted by molar-refractivity contribution is 5.92. The molecule has 0 bridgehead atoms. The van der Waals surface area contributed by atoms with Gasteiger partial charge in [-0.1, -0.05) is 50.6 Å². The van der Waals surface area contributed by atoms with Gasteiger partial charge in [0.1, 0.15) is 17.2 Å². The fraction of sp³-hybridized carbons (Fsp3) is 0.474. The van der Waals surface area contributed by atoms with Gasteiger partial charge in [-0.15, -0.1) is 0 Å². The lowest BCUT2D eigenvalue weighted by Crippen LogP contribution is -2.69. The number of nitrogens with two attached hydrogens (primary N) is 1. The number of hydrogen-bond donors (Lipinski definition) is 3. The summed E-state index contributed by atoms with van der Waals surface area (Å²) in [6, 6.07) is 10.9. The predicted molar refractivity (Wildman–Crippen MR) is 183 cm³/mol. The first-order chi connectivity index (χ1) is 22.9. The molecule has 48 heavy (non-hydrogen) atoms. The summed E-state index contributed by atoms with van der Waals surface area (Å²) in [5, 5.41) is 14.5. The van der Waals surface area contributed by atoms with Gasteiger partial charge in [0.05, 0.1) is 11.5 Å². The molecule has 1 aliphatic carbocycles. The number of carbonyl (C=O) groups is 2. The lowest BCUT2D eigenvalue weighted by molar-refractivity contribution is -0.148. The van der Waals surface area contributed by atoms with Gasteiger partial charge in [-0.25, -0.2) is 18.7 Å². The molecule has 3 aromatic rings. The highest BCUT2D eigenvalue weighted by atomic mass is 19.1. The van der Waals surface area contributed by atoms with Crippen LogP contribution >= 0.6 is 0 Å². The van der Waals surface area contributed by atoms with Crippen molar-refractivity contribution in [1.82, 2.24) is 20.2 Å². The first-order valence-electron chi connectivity index (χ1n) is 16.9. The number of rotatable bonds is 15. The van der Waals surface area contributed by atoms with E-state index in [0.29, 0.717) is 18.9 Å². The van der Waals surface area contributed by atoms with Crippen LogP contribution in [0.2, 0.25) is 0 Å². The van der Waals surface area contributed by atoms with E-state index < -0.39 is 40.5 Å². The number of aryl methyl sites for hydroxylation is 1. The highest BCUT2D eigenvalue weighted by Gasteiger charge is 2.60. The van der Waals surface area contributed by atoms with Crippen LogP contribution in [0.4, 0.5) is 8.78 Å². The summed E-state index contributed by atoms with van der Waals surface area (Å²) < 4.78 is 28.9. The Morgan fingerprint density at radius 3 is 2.23 bits per heavy atom. The maximum Gasteiger partial charge on any atom is 0.243 e. The quantitative estimate of drug-likeness (QED) is 0.174. The Labute approximate surface area is 282 Å². The van der Waals surface area contributed by atoms with Gasteiger partial charge in [0, 0.05) is 49.6 Å². The summed E-state index contributed by atoms with van der Waals surface area (Å²) >= 11 is 0. The van der Waals surface area contributed by atoms with Gasteiger partial charge in [-0.05, 0) is 87.3 Å². The van der Waals surface area contributed by atoms with Crippen molar-refractivity contribution in [1.29, 1.82) is 0 Å². The molecule has 0 radical (unpaired) electrons. The van der Waals surface area contributed by atoms with Crippen molar-refractivity contribution < 1.29 is 23.5 Å². The molecule has 1 aliphatic rings. The van der Waals surface area contributed by atoms with Crippen LogP contribution in [0.25, 0.3) is 11.4 Å². The lowest BCUT2D eigenvalue weighted by atomic mass is 9.55. The van der Waals surface area contributed by atoms with Gasteiger partial charge >= 0.3 is 0 Å². The standard InChI is InChI=1S/C38H49F2N5O3/c1-6-12-45(13-7-2)36(48)38(44-24-28-10-9-11-30(15-28)34-42-22-27(8-3)23-43-34)20-25(4)19-37(35(41)47,33(38)14-26(5)46)21-29-16-31(39)18-32(40)17-29/h9-11,15-19,22-23,26,33,44,46H,6-8,12-14,20-21,24H2,1-5H3,(H2,41,47)/t26?,33-,37-,38?/m1/s1. The molecule has 10 heteroatoms. The van der Waals surface area contributed by atoms with Crippen LogP contribution in [0, 0.1) is 23.0 Å². The van der Waals surface area contributed by atoms with Crippen molar-refractivity contribution in [2.75, 3.05) is 13.1 Å². The average Bonchev–Trinajstić information content (AvgIpc) is 3.04. The van der Waals surface area contributed by atoms with Crippen molar-refractivity contribution in [3.05, 3.63) is 94.8 Å². The number of benzene rings is 2. The van der Waals surface area contributed by atoms with E-state index in [1.807, 2.05) is 69.3 Å². The number of nitrogens with zero attached hydrogens (tertiary/aromatic N) is 3. The van der Waals surface area contributed by atoms with E-state index in [2.05, 4.69) is 15.3 Å². The van der Waals surface area contributed by atoms with Crippen LogP contribution in [0.5, 0.6) is 0 Å². The Morgan fingerprint density at radius 2 is 1.67 bits per heavy atom. The van der Waals surface area contributed by atoms with Crippen LogP contribution in [0.15, 0.2) is 66.5 Å². The van der Waals surface area contributed by atoms with Crippen LogP contribution in [-0.2, 0) is 29.0 Å². The van der Waals surface area contributed by atoms with Gasteiger partial charge in [-0.2, -0.15) is 0 Å². The fourth-order valence-electron chi connectivity index (χ4n) is 7.29. The van der Waals surface area contributed by atoms with E-state index in [4.69, 9.17) is 5.73 Å². The first-order valence-corrected chi connectivity index (χ1v) is 16.9. The van der Waals surface area contributed by atoms with E-state index in [-0.39, 0.29) is 37.3 Å². The van der Waals surface area contributed by atoms with Crippen molar-refractivity contribution in [3.8, 4) is 11.4 Å². The SMILES string of the molecule is CCCN(CCC)C(=O)C1(NCc2cccc(-c3ncc(CC)cn3)c2)CC(C)=C[C@](Cc2cc(F)cc(F)c2)(C(N)=O)[C@H]1CC(C)O. The molecule has 2 amide bonds. The summed E-state index contributed by atoms with van der Waals surface area (Å²) in [5.41, 5.74) is 6.99. The third-order valence-electron chi connectivity index (χ3n) is 9.30. The number of primary amides is 1. The Balaban J connectivity index is 1.87. The third kappa shape index (κ3) is 8.15. The van der Waals surface area contributed by atoms with Crippen LogP contribution in [-0.4, -0.2) is 56.5 Å². The van der Waals surface area contributed by atoms with Crippen LogP contribution in [0.3, 0.4) is 0 Å². The lowest BCUT2D eigenvalue weighted by Gasteiger charge is -2.53. The minimum Gasteiger partial charge on any atom is -0.393 e. The number of aliphatic hydroxyl groups excluding tert-OH is 1. The third-order valence-corrected chi connectivity index (χ3v) is 9.30. The van der Waals surface area contributed by atoms with Crippen molar-refractivity contribution >= 4 is 11.8 Å². The summed E-state index contributed by atoms with van der Waals surface area (Å²) in [7, 11) is 0.